The van der Waals surface area contributed by atoms with Crippen molar-refractivity contribution < 1.29 is 9.90 Å². The Balaban J connectivity index is 2.38. The first kappa shape index (κ1) is 13.3. The molecule has 6 nitrogen and oxygen atoms in total. The topological polar surface area (TPSA) is 90.9 Å². The van der Waals surface area contributed by atoms with Gasteiger partial charge in [0, 0.05) is 43.3 Å². The number of aryl methyl sites for hydroxylation is 1. The summed E-state index contributed by atoms with van der Waals surface area (Å²) in [5, 5.41) is 22.1. The van der Waals surface area contributed by atoms with Crippen molar-refractivity contribution in [2.24, 2.45) is 0 Å². The van der Waals surface area contributed by atoms with Crippen LogP contribution in [0.2, 0.25) is 0 Å². The lowest BCUT2D eigenvalue weighted by atomic mass is 10.0. The fraction of sp³-hybridized carbons (Fsp3) is 0.267. The highest BCUT2D eigenvalue weighted by Crippen LogP contribution is 2.34. The lowest BCUT2D eigenvalue weighted by molar-refractivity contribution is 0.0694. The number of aromatic carboxylic acids is 1. The van der Waals surface area contributed by atoms with E-state index in [2.05, 4.69) is 16.4 Å². The number of pyridine rings is 1. The van der Waals surface area contributed by atoms with Gasteiger partial charge in [-0.05, 0) is 18.6 Å². The second kappa shape index (κ2) is 5.04. The summed E-state index contributed by atoms with van der Waals surface area (Å²) in [6, 6.07) is 3.93. The van der Waals surface area contributed by atoms with Crippen LogP contribution in [0.15, 0.2) is 18.5 Å². The Hall–Kier alpha value is -2.65. The zero-order valence-electron chi connectivity index (χ0n) is 11.6. The van der Waals surface area contributed by atoms with E-state index in [0.717, 1.165) is 17.7 Å². The van der Waals surface area contributed by atoms with Crippen LogP contribution < -0.4 is 5.32 Å². The van der Waals surface area contributed by atoms with Crippen molar-refractivity contribution >= 4 is 5.97 Å². The van der Waals surface area contributed by atoms with E-state index in [1.165, 1.54) is 0 Å². The van der Waals surface area contributed by atoms with Crippen molar-refractivity contribution in [1.29, 1.82) is 5.26 Å². The second-order valence-corrected chi connectivity index (χ2v) is 4.98. The third kappa shape index (κ3) is 1.99. The molecule has 106 valence electrons. The van der Waals surface area contributed by atoms with Crippen molar-refractivity contribution in [2.45, 2.75) is 20.0 Å². The van der Waals surface area contributed by atoms with Gasteiger partial charge < -0.3 is 15.0 Å². The molecule has 3 rings (SSSR count). The standard InChI is InChI=1S/C15H14N4O2/c1-9-2-3-17-7-11(9)14-10(6-16)13(15(20)21)12-8-18-4-5-19(12)14/h2-3,7,18H,4-5,8H2,1H3,(H,20,21). The van der Waals surface area contributed by atoms with Gasteiger partial charge in [0.25, 0.3) is 0 Å². The highest BCUT2D eigenvalue weighted by atomic mass is 16.4. The van der Waals surface area contributed by atoms with Crippen molar-refractivity contribution in [3.05, 3.63) is 40.8 Å². The molecule has 0 atom stereocenters. The number of hydrogen-bond donors (Lipinski definition) is 2. The Morgan fingerprint density at radius 3 is 3.05 bits per heavy atom. The van der Waals surface area contributed by atoms with Gasteiger partial charge in [-0.25, -0.2) is 4.79 Å². The van der Waals surface area contributed by atoms with Gasteiger partial charge in [-0.15, -0.1) is 0 Å². The first-order chi connectivity index (χ1) is 10.1. The number of nitrogens with zero attached hydrogens (tertiary/aromatic N) is 3. The number of carboxylic acid groups (broad SMARTS) is 1. The quantitative estimate of drug-likeness (QED) is 0.871. The first-order valence-corrected chi connectivity index (χ1v) is 6.65. The monoisotopic (exact) mass is 282 g/mol. The molecule has 0 fully saturated rings. The van der Waals surface area contributed by atoms with Crippen LogP contribution in [0.4, 0.5) is 0 Å². The van der Waals surface area contributed by atoms with Gasteiger partial charge in [-0.3, -0.25) is 4.98 Å². The zero-order valence-corrected chi connectivity index (χ0v) is 11.6. The highest BCUT2D eigenvalue weighted by molar-refractivity contribution is 5.96. The van der Waals surface area contributed by atoms with E-state index in [0.29, 0.717) is 24.5 Å². The molecule has 0 unspecified atom stereocenters. The van der Waals surface area contributed by atoms with Crippen LogP contribution in [0.5, 0.6) is 0 Å². The number of hydrogen-bond acceptors (Lipinski definition) is 4. The number of fused-ring (bicyclic) bond motifs is 1. The van der Waals surface area contributed by atoms with Gasteiger partial charge in [0.1, 0.15) is 11.6 Å². The lowest BCUT2D eigenvalue weighted by Crippen LogP contribution is -2.29. The molecule has 6 heteroatoms. The Kier molecular flexibility index (Phi) is 3.20. The molecular formula is C15H14N4O2. The summed E-state index contributed by atoms with van der Waals surface area (Å²) in [5.41, 5.74) is 3.42. The Morgan fingerprint density at radius 1 is 1.57 bits per heavy atom. The molecule has 0 spiro atoms. The lowest BCUT2D eigenvalue weighted by Gasteiger charge is -2.20. The van der Waals surface area contributed by atoms with Gasteiger partial charge in [0.05, 0.1) is 11.3 Å². The molecule has 21 heavy (non-hydrogen) atoms. The summed E-state index contributed by atoms with van der Waals surface area (Å²) in [7, 11) is 0. The molecule has 0 saturated carbocycles. The third-order valence-corrected chi connectivity index (χ3v) is 3.80. The highest BCUT2D eigenvalue weighted by Gasteiger charge is 2.29. The molecule has 0 aromatic carbocycles. The third-order valence-electron chi connectivity index (χ3n) is 3.80. The molecule has 1 aliphatic heterocycles. The predicted molar refractivity (Wildman–Crippen MR) is 75.8 cm³/mol. The molecule has 0 amide bonds. The summed E-state index contributed by atoms with van der Waals surface area (Å²) in [5.74, 6) is -1.06. The van der Waals surface area contributed by atoms with Crippen LogP contribution in [0, 0.1) is 18.3 Å². The fourth-order valence-corrected chi connectivity index (χ4v) is 2.83. The summed E-state index contributed by atoms with van der Waals surface area (Å²) in [4.78, 5) is 15.7. The molecule has 0 radical (unpaired) electrons. The van der Waals surface area contributed by atoms with E-state index in [9.17, 15) is 15.2 Å². The molecule has 0 bridgehead atoms. The van der Waals surface area contributed by atoms with E-state index < -0.39 is 5.97 Å². The van der Waals surface area contributed by atoms with E-state index in [1.807, 2.05) is 17.6 Å². The Labute approximate surface area is 121 Å². The van der Waals surface area contributed by atoms with E-state index in [1.54, 1.807) is 12.4 Å². The summed E-state index contributed by atoms with van der Waals surface area (Å²) >= 11 is 0. The maximum absolute atomic E-state index is 11.6. The second-order valence-electron chi connectivity index (χ2n) is 4.98. The maximum atomic E-state index is 11.6. The molecule has 2 aromatic heterocycles. The molecular weight excluding hydrogens is 268 g/mol. The van der Waals surface area contributed by atoms with Gasteiger partial charge in [0.15, 0.2) is 0 Å². The molecule has 2 aromatic rings. The number of carbonyl (C=O) groups is 1. The van der Waals surface area contributed by atoms with Gasteiger partial charge in [-0.1, -0.05) is 0 Å². The van der Waals surface area contributed by atoms with Gasteiger partial charge in [-0.2, -0.15) is 5.26 Å². The predicted octanol–water partition coefficient (Wildman–Crippen LogP) is 1.53. The van der Waals surface area contributed by atoms with Crippen LogP contribution >= 0.6 is 0 Å². The first-order valence-electron chi connectivity index (χ1n) is 6.65. The van der Waals surface area contributed by atoms with Crippen LogP contribution in [0.1, 0.15) is 27.2 Å². The Bertz CT molecular complexity index is 771. The minimum atomic E-state index is -1.06. The minimum absolute atomic E-state index is 0.1000. The van der Waals surface area contributed by atoms with Crippen molar-refractivity contribution in [3.8, 4) is 17.3 Å². The smallest absolute Gasteiger partial charge is 0.338 e. The number of carboxylic acids is 1. The van der Waals surface area contributed by atoms with Gasteiger partial charge >= 0.3 is 5.97 Å². The molecule has 3 heterocycles. The summed E-state index contributed by atoms with van der Waals surface area (Å²) < 4.78 is 1.93. The number of nitrogens with one attached hydrogen (secondary N) is 1. The number of aromatic nitrogens is 2. The number of nitriles is 1. The summed E-state index contributed by atoms with van der Waals surface area (Å²) in [6.45, 7) is 3.77. The fourth-order valence-electron chi connectivity index (χ4n) is 2.83. The van der Waals surface area contributed by atoms with Gasteiger partial charge in [0.2, 0.25) is 0 Å². The molecule has 2 N–H and O–H groups in total. The number of rotatable bonds is 2. The van der Waals surface area contributed by atoms with E-state index in [4.69, 9.17) is 0 Å². The normalized spacial score (nSPS) is 13.5. The average Bonchev–Trinajstić information content (AvgIpc) is 2.82. The summed E-state index contributed by atoms with van der Waals surface area (Å²) in [6.07, 6.45) is 3.37. The molecule has 0 saturated heterocycles. The van der Waals surface area contributed by atoms with Crippen LogP contribution in [0.25, 0.3) is 11.3 Å². The largest absolute Gasteiger partial charge is 0.478 e. The maximum Gasteiger partial charge on any atom is 0.338 e. The van der Waals surface area contributed by atoms with Crippen molar-refractivity contribution in [1.82, 2.24) is 14.9 Å². The van der Waals surface area contributed by atoms with E-state index in [-0.39, 0.29) is 11.1 Å². The zero-order chi connectivity index (χ0) is 15.0. The SMILES string of the molecule is Cc1ccncc1-c1c(C#N)c(C(=O)O)c2n1CCNC2. The van der Waals surface area contributed by atoms with Crippen molar-refractivity contribution in [2.75, 3.05) is 6.54 Å². The van der Waals surface area contributed by atoms with Crippen LogP contribution in [-0.4, -0.2) is 27.2 Å². The van der Waals surface area contributed by atoms with Crippen LogP contribution in [0.3, 0.4) is 0 Å². The Morgan fingerprint density at radius 2 is 2.38 bits per heavy atom. The minimum Gasteiger partial charge on any atom is -0.478 e. The van der Waals surface area contributed by atoms with E-state index >= 15 is 0 Å². The average molecular weight is 282 g/mol. The van der Waals surface area contributed by atoms with Crippen molar-refractivity contribution in [3.63, 3.8) is 0 Å². The molecule has 1 aliphatic rings. The molecule has 0 aliphatic carbocycles. The van der Waals surface area contributed by atoms with Crippen LogP contribution in [-0.2, 0) is 13.1 Å².